The second-order valence-electron chi connectivity index (χ2n) is 9.35. The Kier molecular flexibility index (Phi) is 6.94. The van der Waals surface area contributed by atoms with Gasteiger partial charge in [-0.05, 0) is 80.5 Å². The van der Waals surface area contributed by atoms with Gasteiger partial charge in [0.2, 0.25) is 0 Å². The molecule has 1 aliphatic heterocycles. The molecule has 1 aliphatic rings. The molecule has 0 radical (unpaired) electrons. The number of benzene rings is 2. The van der Waals surface area contributed by atoms with Gasteiger partial charge in [-0.3, -0.25) is 4.79 Å². The van der Waals surface area contributed by atoms with E-state index in [0.29, 0.717) is 41.0 Å². The number of fused-ring (bicyclic) bond motifs is 1. The molecule has 0 bridgehead atoms. The highest BCUT2D eigenvalue weighted by Crippen LogP contribution is 2.34. The third kappa shape index (κ3) is 4.86. The average molecular weight is 488 g/mol. The van der Waals surface area contributed by atoms with Gasteiger partial charge in [0.1, 0.15) is 0 Å². The summed E-state index contributed by atoms with van der Waals surface area (Å²) in [6.45, 7) is 5.22. The zero-order valence-electron chi connectivity index (χ0n) is 19.4. The van der Waals surface area contributed by atoms with Crippen molar-refractivity contribution in [2.24, 2.45) is 13.0 Å². The second kappa shape index (κ2) is 9.57. The van der Waals surface area contributed by atoms with E-state index >= 15 is 0 Å². The summed E-state index contributed by atoms with van der Waals surface area (Å²) in [5, 5.41) is 11.8. The molecule has 0 spiro atoms. The number of likely N-dealkylation sites (tertiary alicyclic amines) is 1. The molecule has 2 aromatic carbocycles. The first-order valence-corrected chi connectivity index (χ1v) is 12.2. The summed E-state index contributed by atoms with van der Waals surface area (Å²) < 4.78 is 2.10. The maximum absolute atomic E-state index is 13.3. The number of rotatable bonds is 5. The van der Waals surface area contributed by atoms with E-state index in [0.717, 1.165) is 52.7 Å². The van der Waals surface area contributed by atoms with Crippen LogP contribution in [0.2, 0.25) is 10.0 Å². The monoisotopic (exact) mass is 487 g/mol. The van der Waals surface area contributed by atoms with Crippen LogP contribution in [0.3, 0.4) is 0 Å². The van der Waals surface area contributed by atoms with Crippen molar-refractivity contribution < 1.29 is 9.90 Å². The van der Waals surface area contributed by atoms with Crippen LogP contribution in [-0.4, -0.2) is 39.7 Å². The van der Waals surface area contributed by atoms with Crippen molar-refractivity contribution in [3.8, 4) is 0 Å². The van der Waals surface area contributed by atoms with Crippen LogP contribution < -0.4 is 5.73 Å². The van der Waals surface area contributed by atoms with E-state index in [1.54, 1.807) is 12.1 Å². The standard InChI is InChI=1S/C26H31Cl2N3O2/c1-15-10-18(29)12-24-21(15)13-19(30(24)3)14-22-23(27)5-4-20(25(22)28)26(33)31-8-6-17(7-9-31)11-16(2)32/h4-5,10,12-13,16-17,32H,6-9,11,14,29H2,1-3H3. The lowest BCUT2D eigenvalue weighted by molar-refractivity contribution is 0.0655. The lowest BCUT2D eigenvalue weighted by Crippen LogP contribution is -2.39. The lowest BCUT2D eigenvalue weighted by Gasteiger charge is -2.33. The zero-order chi connectivity index (χ0) is 23.9. The van der Waals surface area contributed by atoms with Crippen molar-refractivity contribution in [1.29, 1.82) is 0 Å². The van der Waals surface area contributed by atoms with Crippen LogP contribution in [0.15, 0.2) is 30.3 Å². The molecule has 33 heavy (non-hydrogen) atoms. The van der Waals surface area contributed by atoms with Crippen LogP contribution in [0.1, 0.15) is 53.4 Å². The largest absolute Gasteiger partial charge is 0.399 e. The molecule has 1 atom stereocenters. The average Bonchev–Trinajstić information content (AvgIpc) is 3.07. The molecular formula is C26H31Cl2N3O2. The summed E-state index contributed by atoms with van der Waals surface area (Å²) in [6.07, 6.45) is 2.78. The molecule has 7 heteroatoms. The van der Waals surface area contributed by atoms with Crippen molar-refractivity contribution in [2.45, 2.75) is 45.6 Å². The molecule has 1 fully saturated rings. The van der Waals surface area contributed by atoms with Crippen molar-refractivity contribution >= 4 is 45.7 Å². The highest BCUT2D eigenvalue weighted by atomic mass is 35.5. The van der Waals surface area contributed by atoms with Gasteiger partial charge < -0.3 is 20.3 Å². The fourth-order valence-electron chi connectivity index (χ4n) is 4.99. The normalized spacial score (nSPS) is 15.9. The fourth-order valence-corrected chi connectivity index (χ4v) is 5.58. The maximum Gasteiger partial charge on any atom is 0.255 e. The topological polar surface area (TPSA) is 71.5 Å². The third-order valence-electron chi connectivity index (χ3n) is 6.84. The highest BCUT2D eigenvalue weighted by Gasteiger charge is 2.27. The number of aliphatic hydroxyl groups excluding tert-OH is 1. The van der Waals surface area contributed by atoms with Gasteiger partial charge in [-0.1, -0.05) is 23.2 Å². The van der Waals surface area contributed by atoms with Gasteiger partial charge in [0, 0.05) is 48.3 Å². The van der Waals surface area contributed by atoms with Crippen LogP contribution in [0, 0.1) is 12.8 Å². The molecule has 1 aromatic heterocycles. The predicted octanol–water partition coefficient (Wildman–Crippen LogP) is 5.59. The number of nitrogen functional groups attached to an aromatic ring is 1. The van der Waals surface area contributed by atoms with Crippen LogP contribution in [-0.2, 0) is 13.5 Å². The number of halogens is 2. The Morgan fingerprint density at radius 2 is 1.91 bits per heavy atom. The molecule has 3 aromatic rings. The van der Waals surface area contributed by atoms with E-state index in [4.69, 9.17) is 28.9 Å². The summed E-state index contributed by atoms with van der Waals surface area (Å²) in [5.74, 6) is 0.392. The van der Waals surface area contributed by atoms with E-state index in [1.807, 2.05) is 37.9 Å². The SMILES string of the molecule is Cc1cc(N)cc2c1cc(Cc1c(Cl)ccc(C(=O)N3CCC(CC(C)O)CC3)c1Cl)n2C. The van der Waals surface area contributed by atoms with Crippen LogP contribution in [0.5, 0.6) is 0 Å². The van der Waals surface area contributed by atoms with Gasteiger partial charge in [0.05, 0.1) is 22.2 Å². The number of anilines is 1. The summed E-state index contributed by atoms with van der Waals surface area (Å²) in [7, 11) is 2.00. The molecular weight excluding hydrogens is 457 g/mol. The molecule has 4 rings (SSSR count). The lowest BCUT2D eigenvalue weighted by atomic mass is 9.91. The first kappa shape index (κ1) is 23.9. The maximum atomic E-state index is 13.3. The Labute approximate surface area is 205 Å². The molecule has 1 saturated heterocycles. The number of aliphatic hydroxyl groups is 1. The van der Waals surface area contributed by atoms with Gasteiger partial charge in [0.25, 0.3) is 5.91 Å². The number of aromatic nitrogens is 1. The van der Waals surface area contributed by atoms with Gasteiger partial charge in [0.15, 0.2) is 0 Å². The Hall–Kier alpha value is -2.21. The number of amides is 1. The Balaban J connectivity index is 1.59. The number of nitrogens with two attached hydrogens (primary N) is 1. The van der Waals surface area contributed by atoms with Crippen LogP contribution >= 0.6 is 23.2 Å². The molecule has 1 amide bonds. The molecule has 5 nitrogen and oxygen atoms in total. The molecule has 3 N–H and O–H groups in total. The summed E-state index contributed by atoms with van der Waals surface area (Å²) in [4.78, 5) is 15.1. The summed E-state index contributed by atoms with van der Waals surface area (Å²) in [6, 6.07) is 9.57. The minimum Gasteiger partial charge on any atom is -0.399 e. The molecule has 176 valence electrons. The van der Waals surface area contributed by atoms with Gasteiger partial charge >= 0.3 is 0 Å². The van der Waals surface area contributed by atoms with Crippen LogP contribution in [0.25, 0.3) is 10.9 Å². The minimum absolute atomic E-state index is 0.0610. The fraction of sp³-hybridized carbons (Fsp3) is 0.423. The Morgan fingerprint density at radius 3 is 2.58 bits per heavy atom. The summed E-state index contributed by atoms with van der Waals surface area (Å²) in [5.41, 5.74) is 11.2. The van der Waals surface area contributed by atoms with E-state index < -0.39 is 0 Å². The highest BCUT2D eigenvalue weighted by molar-refractivity contribution is 6.38. The quantitative estimate of drug-likeness (QED) is 0.460. The molecule has 0 saturated carbocycles. The summed E-state index contributed by atoms with van der Waals surface area (Å²) >= 11 is 13.3. The Bertz CT molecular complexity index is 1190. The number of nitrogens with zero attached hydrogens (tertiary/aromatic N) is 2. The second-order valence-corrected chi connectivity index (χ2v) is 10.1. The van der Waals surface area contributed by atoms with Gasteiger partial charge in [-0.15, -0.1) is 0 Å². The van der Waals surface area contributed by atoms with E-state index in [9.17, 15) is 9.90 Å². The number of hydrogen-bond acceptors (Lipinski definition) is 3. The van der Waals surface area contributed by atoms with Crippen molar-refractivity contribution in [3.63, 3.8) is 0 Å². The number of carbonyl (C=O) groups excluding carboxylic acids is 1. The van der Waals surface area contributed by atoms with E-state index in [1.165, 1.54) is 0 Å². The van der Waals surface area contributed by atoms with Gasteiger partial charge in [-0.25, -0.2) is 0 Å². The number of carbonyl (C=O) groups is 1. The number of piperidine rings is 1. The van der Waals surface area contributed by atoms with Crippen molar-refractivity contribution in [1.82, 2.24) is 9.47 Å². The first-order chi connectivity index (χ1) is 15.7. The first-order valence-electron chi connectivity index (χ1n) is 11.4. The Morgan fingerprint density at radius 1 is 1.21 bits per heavy atom. The van der Waals surface area contributed by atoms with Gasteiger partial charge in [-0.2, -0.15) is 0 Å². The van der Waals surface area contributed by atoms with Crippen molar-refractivity contribution in [3.05, 3.63) is 62.8 Å². The minimum atomic E-state index is -0.306. The van der Waals surface area contributed by atoms with Crippen molar-refractivity contribution in [2.75, 3.05) is 18.8 Å². The smallest absolute Gasteiger partial charge is 0.255 e. The molecule has 2 heterocycles. The van der Waals surface area contributed by atoms with E-state index in [2.05, 4.69) is 10.6 Å². The van der Waals surface area contributed by atoms with Crippen LogP contribution in [0.4, 0.5) is 5.69 Å². The molecule has 1 unspecified atom stereocenters. The third-order valence-corrected chi connectivity index (χ3v) is 7.63. The van der Waals surface area contributed by atoms with E-state index in [-0.39, 0.29) is 12.0 Å². The number of hydrogen-bond donors (Lipinski definition) is 2. The zero-order valence-corrected chi connectivity index (χ0v) is 20.9. The predicted molar refractivity (Wildman–Crippen MR) is 136 cm³/mol. The number of aryl methyl sites for hydroxylation is 2. The molecule has 0 aliphatic carbocycles.